The number of aliphatic hydroxyl groups excluding tert-OH is 1. The molecule has 0 unspecified atom stereocenters. The van der Waals surface area contributed by atoms with E-state index in [1.165, 1.54) is 0 Å². The van der Waals surface area contributed by atoms with Gasteiger partial charge in [0, 0.05) is 49.9 Å². The fourth-order valence-corrected chi connectivity index (χ4v) is 3.07. The van der Waals surface area contributed by atoms with Crippen LogP contribution in [0, 0.1) is 36.1 Å². The number of fused-ring (bicyclic) bond motifs is 2. The number of nitrogens with one attached hydrogen (secondary N) is 2. The van der Waals surface area contributed by atoms with Crippen LogP contribution in [0.3, 0.4) is 0 Å². The third-order valence-corrected chi connectivity index (χ3v) is 4.52. The fourth-order valence-electron chi connectivity index (χ4n) is 3.07. The summed E-state index contributed by atoms with van der Waals surface area (Å²) >= 11 is 0. The van der Waals surface area contributed by atoms with Crippen LogP contribution >= 0.6 is 0 Å². The number of hydrogen-bond donors (Lipinski definition) is 5. The van der Waals surface area contributed by atoms with Crippen molar-refractivity contribution in [3.63, 3.8) is 0 Å². The van der Waals surface area contributed by atoms with Crippen LogP contribution in [0.15, 0.2) is 48.5 Å². The summed E-state index contributed by atoms with van der Waals surface area (Å²) in [5, 5.41) is 52.5. The van der Waals surface area contributed by atoms with Crippen molar-refractivity contribution in [3.8, 4) is 0 Å². The molecule has 39 heavy (non-hydrogen) atoms. The van der Waals surface area contributed by atoms with Crippen LogP contribution in [0.25, 0.3) is 21.8 Å². The molecule has 1 aromatic heterocycles. The molecule has 0 saturated carbocycles. The van der Waals surface area contributed by atoms with Crippen LogP contribution in [0.5, 0.6) is 0 Å². The van der Waals surface area contributed by atoms with E-state index in [2.05, 4.69) is 17.4 Å². The molecule has 3 rings (SSSR count). The monoisotopic (exact) mass is 750 g/mol. The molecule has 0 aliphatic carbocycles. The van der Waals surface area contributed by atoms with Crippen molar-refractivity contribution >= 4 is 33.3 Å². The van der Waals surface area contributed by atoms with E-state index in [-0.39, 0.29) is 40.1 Å². The number of hydrogen-bond acceptors (Lipinski definition) is 12. The maximum atomic E-state index is 9.21. The molecule has 0 amide bonds. The molecule has 0 radical (unpaired) electrons. The Morgan fingerprint density at radius 3 is 1.72 bits per heavy atom. The number of amidine groups is 1. The van der Waals surface area contributed by atoms with Gasteiger partial charge in [-0.3, -0.25) is 5.41 Å². The van der Waals surface area contributed by atoms with Gasteiger partial charge in [-0.15, -0.1) is 0 Å². The molecule has 2 aromatic carbocycles. The van der Waals surface area contributed by atoms with Crippen LogP contribution < -0.4 is 29.2 Å². The van der Waals surface area contributed by atoms with Gasteiger partial charge in [0.2, 0.25) is 0 Å². The first-order chi connectivity index (χ1) is 17.6. The molecule has 15 nitrogen and oxygen atoms in total. The molecule has 7 N–H and O–H groups in total. The molecule has 0 atom stereocenters. The molecule has 0 bridgehead atoms. The number of para-hydroxylation sites is 2. The molecular formula is C22H32ClN8O7Pt-. The summed E-state index contributed by atoms with van der Waals surface area (Å²) in [7, 11) is 0. The second kappa shape index (κ2) is 23.7. The summed E-state index contributed by atoms with van der Waals surface area (Å²) < 4.78 is 0. The Morgan fingerprint density at radius 2 is 1.36 bits per heavy atom. The number of anilines is 1. The first-order valence-electron chi connectivity index (χ1n) is 11.1. The summed E-state index contributed by atoms with van der Waals surface area (Å²) in [6.07, 6.45) is 0.668. The Hall–Kier alpha value is -3.36. The number of halogens is 1. The number of aliphatic hydroxyl groups is 1. The van der Waals surface area contributed by atoms with E-state index in [9.17, 15) is 5.11 Å². The summed E-state index contributed by atoms with van der Waals surface area (Å²) in [6.45, 7) is 5.08. The first-order valence-corrected chi connectivity index (χ1v) is 11.1. The van der Waals surface area contributed by atoms with Crippen molar-refractivity contribution in [2.45, 2.75) is 13.3 Å². The van der Waals surface area contributed by atoms with E-state index in [1.807, 2.05) is 48.2 Å². The molecule has 0 aliphatic rings. The van der Waals surface area contributed by atoms with E-state index in [0.29, 0.717) is 45.0 Å². The minimum Gasteiger partial charge on any atom is -1.00 e. The predicted molar refractivity (Wildman–Crippen MR) is 143 cm³/mol. The maximum Gasteiger partial charge on any atom is 2.00 e. The quantitative estimate of drug-likeness (QED) is 0.0605. The number of aromatic nitrogens is 1. The van der Waals surface area contributed by atoms with Crippen molar-refractivity contribution in [1.82, 2.24) is 9.88 Å². The Kier molecular flexibility index (Phi) is 24.4. The van der Waals surface area contributed by atoms with Gasteiger partial charge >= 0.3 is 21.1 Å². The van der Waals surface area contributed by atoms with Gasteiger partial charge in [0.25, 0.3) is 0 Å². The first kappa shape index (κ1) is 40.1. The fraction of sp³-hybridized carbons (Fsp3) is 0.364. The third-order valence-electron chi connectivity index (χ3n) is 4.52. The van der Waals surface area contributed by atoms with Gasteiger partial charge in [-0.25, -0.2) is 4.98 Å². The number of rotatable bonds is 8. The average Bonchev–Trinajstić information content (AvgIpc) is 2.86. The zero-order valence-electron chi connectivity index (χ0n) is 21.1. The number of pyridine rings is 1. The third kappa shape index (κ3) is 17.0. The van der Waals surface area contributed by atoms with E-state index < -0.39 is 10.2 Å². The van der Waals surface area contributed by atoms with E-state index in [0.717, 1.165) is 27.5 Å². The minimum absolute atomic E-state index is 0. The van der Waals surface area contributed by atoms with E-state index in [4.69, 9.17) is 52.5 Å². The normalized spacial score (nSPS) is 9.03. The second-order valence-corrected chi connectivity index (χ2v) is 6.98. The van der Waals surface area contributed by atoms with Crippen LogP contribution in [-0.2, 0) is 21.1 Å². The van der Waals surface area contributed by atoms with Crippen LogP contribution in [0.4, 0.5) is 5.69 Å². The van der Waals surface area contributed by atoms with E-state index in [1.54, 1.807) is 0 Å². The van der Waals surface area contributed by atoms with E-state index >= 15 is 0 Å². The van der Waals surface area contributed by atoms with Crippen LogP contribution in [0.2, 0.25) is 0 Å². The average molecular weight is 751 g/mol. The van der Waals surface area contributed by atoms with Gasteiger partial charge < -0.3 is 69.8 Å². The number of benzene rings is 2. The Morgan fingerprint density at radius 1 is 0.949 bits per heavy atom. The molecule has 220 valence electrons. The Bertz CT molecular complexity index is 1050. The van der Waals surface area contributed by atoms with Crippen molar-refractivity contribution in [2.75, 3.05) is 44.6 Å². The predicted octanol–water partition coefficient (Wildman–Crippen LogP) is -1.09. The number of nitrogens with two attached hydrogens (primary N) is 2. The minimum atomic E-state index is -1.75. The molecule has 0 aliphatic heterocycles. The zero-order chi connectivity index (χ0) is 28.2. The summed E-state index contributed by atoms with van der Waals surface area (Å²) in [5.41, 5.74) is 12.8. The van der Waals surface area contributed by atoms with Gasteiger partial charge in [-0.05, 0) is 12.1 Å². The van der Waals surface area contributed by atoms with Crippen LogP contribution in [0.1, 0.15) is 13.3 Å². The second-order valence-electron chi connectivity index (χ2n) is 6.98. The molecular weight excluding hydrogens is 719 g/mol. The number of nitrogens with zero attached hydrogens (tertiary/aromatic N) is 4. The molecule has 0 fully saturated rings. The molecule has 3 aromatic rings. The van der Waals surface area contributed by atoms with Gasteiger partial charge in [-0.2, -0.15) is 0 Å². The van der Waals surface area contributed by atoms with Crippen molar-refractivity contribution in [1.29, 1.82) is 5.41 Å². The largest absolute Gasteiger partial charge is 2.00 e. The van der Waals surface area contributed by atoms with Gasteiger partial charge in [0.15, 0.2) is 0 Å². The topological polar surface area (TPSA) is 257 Å². The summed E-state index contributed by atoms with van der Waals surface area (Å²) in [4.78, 5) is 23.2. The SMILES string of the molecule is CCC(=N)N(CCO)CCNc1c2ccccc2nc2ccccc12.NCCN.O=[N+]([O-])[O-].O=[N+]([O-])[O-].[Cl-].[Pt+2]. The standard InChI is InChI=1S/C20H24N4O.C2H8N2.ClH.2NO3.Pt/c1-2-19(21)24(13-14-25)12-11-22-20-15-7-3-5-9-17(15)23-18-10-6-4-8-16(18)20;3-1-2-4;;2*2-1(3)4;/h3-10,21,25H,2,11-14H2,1H3,(H,22,23);1-4H2;1H;;;/q;;;2*-1;+2/p-1. The zero-order valence-corrected chi connectivity index (χ0v) is 24.1. The molecule has 0 saturated heterocycles. The van der Waals surface area contributed by atoms with Crippen molar-refractivity contribution in [3.05, 3.63) is 79.2 Å². The van der Waals surface area contributed by atoms with Crippen molar-refractivity contribution in [2.24, 2.45) is 11.5 Å². The molecule has 1 heterocycles. The maximum absolute atomic E-state index is 9.21. The van der Waals surface area contributed by atoms with Gasteiger partial charge in [-0.1, -0.05) is 43.3 Å². The molecule has 0 spiro atoms. The molecule has 17 heteroatoms. The van der Waals surface area contributed by atoms with Crippen LogP contribution in [-0.4, -0.2) is 70.3 Å². The smallest absolute Gasteiger partial charge is 1.00 e. The van der Waals surface area contributed by atoms with Crippen molar-refractivity contribution < 1.29 is 48.8 Å². The summed E-state index contributed by atoms with van der Waals surface area (Å²) in [6, 6.07) is 16.3. The Balaban J connectivity index is -0.000000787. The summed E-state index contributed by atoms with van der Waals surface area (Å²) in [5.74, 6) is 0.556. The van der Waals surface area contributed by atoms with Gasteiger partial charge in [0.1, 0.15) is 0 Å². The Labute approximate surface area is 245 Å². The van der Waals surface area contributed by atoms with Gasteiger partial charge in [0.05, 0.1) is 39.3 Å².